The summed E-state index contributed by atoms with van der Waals surface area (Å²) in [6.07, 6.45) is 1.60. The molecule has 5 heteroatoms. The zero-order valence-corrected chi connectivity index (χ0v) is 10.6. The minimum absolute atomic E-state index is 0.234. The first-order valence-electron chi connectivity index (χ1n) is 6.37. The van der Waals surface area contributed by atoms with E-state index in [1.165, 1.54) is 0 Å². The number of hydrogen-bond donors (Lipinski definition) is 1. The van der Waals surface area contributed by atoms with Gasteiger partial charge in [-0.3, -0.25) is 24.7 Å². The van der Waals surface area contributed by atoms with Gasteiger partial charge in [-0.25, -0.2) is 0 Å². The first-order chi connectivity index (χ1) is 9.67. The van der Waals surface area contributed by atoms with E-state index in [2.05, 4.69) is 10.3 Å². The monoisotopic (exact) mass is 268 g/mol. The zero-order chi connectivity index (χ0) is 14.1. The number of hydrogen-bond acceptors (Lipinski definition) is 4. The van der Waals surface area contributed by atoms with Crippen LogP contribution in [0, 0.1) is 0 Å². The highest BCUT2D eigenvalue weighted by Crippen LogP contribution is 2.25. The molecule has 1 saturated heterocycles. The lowest BCUT2D eigenvalue weighted by molar-refractivity contribution is -0.134. The van der Waals surface area contributed by atoms with Crippen molar-refractivity contribution in [3.8, 4) is 0 Å². The molecule has 1 aliphatic rings. The summed E-state index contributed by atoms with van der Waals surface area (Å²) in [6.45, 7) is 0. The molecule has 1 aromatic heterocycles. The van der Waals surface area contributed by atoms with Crippen LogP contribution in [0.15, 0.2) is 30.3 Å². The number of piperidine rings is 1. The Bertz CT molecular complexity index is 724. The van der Waals surface area contributed by atoms with Crippen LogP contribution < -0.4 is 5.32 Å². The fourth-order valence-electron chi connectivity index (χ4n) is 2.40. The van der Waals surface area contributed by atoms with Crippen molar-refractivity contribution in [2.75, 3.05) is 0 Å². The molecule has 1 aromatic carbocycles. The van der Waals surface area contributed by atoms with Crippen molar-refractivity contribution in [2.45, 2.75) is 18.8 Å². The van der Waals surface area contributed by atoms with Crippen LogP contribution in [-0.2, 0) is 9.59 Å². The van der Waals surface area contributed by atoms with Crippen molar-refractivity contribution < 1.29 is 14.4 Å². The molecule has 0 spiro atoms. The number of carbonyl (C=O) groups excluding carboxylic acids is 3. The second kappa shape index (κ2) is 4.85. The average molecular weight is 268 g/mol. The highest BCUT2D eigenvalue weighted by atomic mass is 16.2. The number of nitrogens with one attached hydrogen (secondary N) is 1. The minimum Gasteiger partial charge on any atom is -0.298 e. The highest BCUT2D eigenvalue weighted by molar-refractivity contribution is 6.01. The van der Waals surface area contributed by atoms with Gasteiger partial charge in [0.25, 0.3) is 0 Å². The number of carbonyl (C=O) groups is 3. The van der Waals surface area contributed by atoms with Crippen LogP contribution in [0.5, 0.6) is 0 Å². The van der Waals surface area contributed by atoms with Gasteiger partial charge >= 0.3 is 0 Å². The smallest absolute Gasteiger partial charge is 0.235 e. The van der Waals surface area contributed by atoms with Crippen molar-refractivity contribution in [3.05, 3.63) is 41.6 Å². The summed E-state index contributed by atoms with van der Waals surface area (Å²) < 4.78 is 0. The quantitative estimate of drug-likeness (QED) is 0.662. The van der Waals surface area contributed by atoms with Gasteiger partial charge in [0.2, 0.25) is 11.8 Å². The molecule has 0 aliphatic carbocycles. The van der Waals surface area contributed by atoms with Gasteiger partial charge in [-0.05, 0) is 30.7 Å². The van der Waals surface area contributed by atoms with Gasteiger partial charge in [-0.15, -0.1) is 0 Å². The first-order valence-corrected chi connectivity index (χ1v) is 6.37. The van der Waals surface area contributed by atoms with Crippen molar-refractivity contribution >= 4 is 29.0 Å². The first kappa shape index (κ1) is 12.5. The van der Waals surface area contributed by atoms with E-state index in [4.69, 9.17) is 0 Å². The fraction of sp³-hybridized carbons (Fsp3) is 0.200. The van der Waals surface area contributed by atoms with Crippen LogP contribution in [-0.4, -0.2) is 23.1 Å². The molecule has 5 nitrogen and oxygen atoms in total. The van der Waals surface area contributed by atoms with Crippen LogP contribution in [0.25, 0.3) is 10.9 Å². The number of imide groups is 1. The number of pyridine rings is 1. The molecular weight excluding hydrogens is 256 g/mol. The normalized spacial score (nSPS) is 18.9. The number of rotatable bonds is 2. The Labute approximate surface area is 115 Å². The van der Waals surface area contributed by atoms with Crippen LogP contribution in [0.3, 0.4) is 0 Å². The minimum atomic E-state index is -0.386. The Balaban J connectivity index is 1.98. The molecule has 2 amide bonds. The van der Waals surface area contributed by atoms with E-state index in [0.717, 1.165) is 17.2 Å². The fourth-order valence-corrected chi connectivity index (χ4v) is 2.40. The predicted octanol–water partition coefficient (Wildman–Crippen LogP) is 1.57. The number of aromatic nitrogens is 1. The van der Waals surface area contributed by atoms with Crippen LogP contribution in [0.4, 0.5) is 0 Å². The van der Waals surface area contributed by atoms with E-state index in [-0.39, 0.29) is 17.7 Å². The Morgan fingerprint density at radius 3 is 2.80 bits per heavy atom. The van der Waals surface area contributed by atoms with Crippen molar-refractivity contribution in [1.82, 2.24) is 10.3 Å². The standard InChI is InChI=1S/C15H12N2O3/c18-8-9-1-4-12-10(7-9)2-5-13(16-12)11-3-6-14(19)17-15(11)20/h1-2,4-5,7-8,11H,3,6H2,(H,17,19,20). The summed E-state index contributed by atoms with van der Waals surface area (Å²) in [5.74, 6) is -0.914. The van der Waals surface area contributed by atoms with Gasteiger partial charge in [-0.1, -0.05) is 6.07 Å². The molecule has 100 valence electrons. The summed E-state index contributed by atoms with van der Waals surface area (Å²) in [5, 5.41) is 3.18. The molecular formula is C15H12N2O3. The molecule has 0 bridgehead atoms. The number of nitrogens with zero attached hydrogens (tertiary/aromatic N) is 1. The van der Waals surface area contributed by atoms with E-state index in [9.17, 15) is 14.4 Å². The molecule has 1 unspecified atom stereocenters. The number of aldehydes is 1. The summed E-state index contributed by atoms with van der Waals surface area (Å²) in [7, 11) is 0. The third-order valence-corrected chi connectivity index (χ3v) is 3.47. The summed E-state index contributed by atoms with van der Waals surface area (Å²) >= 11 is 0. The maximum absolute atomic E-state index is 11.8. The van der Waals surface area contributed by atoms with Crippen molar-refractivity contribution in [1.29, 1.82) is 0 Å². The lowest BCUT2D eigenvalue weighted by Crippen LogP contribution is -2.39. The molecule has 0 saturated carbocycles. The maximum atomic E-state index is 11.8. The van der Waals surface area contributed by atoms with Gasteiger partial charge in [0.05, 0.1) is 17.1 Å². The van der Waals surface area contributed by atoms with Gasteiger partial charge in [-0.2, -0.15) is 0 Å². The lowest BCUT2D eigenvalue weighted by Gasteiger charge is -2.20. The Kier molecular flexibility index (Phi) is 3.02. The lowest BCUT2D eigenvalue weighted by atomic mass is 9.94. The SMILES string of the molecule is O=Cc1ccc2nc(C3CCC(=O)NC3=O)ccc2c1. The van der Waals surface area contributed by atoms with E-state index < -0.39 is 0 Å². The molecule has 1 fully saturated rings. The molecule has 20 heavy (non-hydrogen) atoms. The second-order valence-corrected chi connectivity index (χ2v) is 4.81. The predicted molar refractivity (Wildman–Crippen MR) is 72.3 cm³/mol. The molecule has 0 radical (unpaired) electrons. The largest absolute Gasteiger partial charge is 0.298 e. The second-order valence-electron chi connectivity index (χ2n) is 4.81. The molecule has 2 aromatic rings. The Morgan fingerprint density at radius 2 is 2.05 bits per heavy atom. The molecule has 1 atom stereocenters. The van der Waals surface area contributed by atoms with E-state index >= 15 is 0 Å². The van der Waals surface area contributed by atoms with Gasteiger partial charge in [0.1, 0.15) is 6.29 Å². The topological polar surface area (TPSA) is 76.1 Å². The number of benzene rings is 1. The van der Waals surface area contributed by atoms with Crippen LogP contribution in [0.2, 0.25) is 0 Å². The van der Waals surface area contributed by atoms with Gasteiger partial charge in [0.15, 0.2) is 0 Å². The molecule has 1 N–H and O–H groups in total. The van der Waals surface area contributed by atoms with Crippen molar-refractivity contribution in [3.63, 3.8) is 0 Å². The van der Waals surface area contributed by atoms with E-state index in [1.54, 1.807) is 24.3 Å². The molecule has 3 rings (SSSR count). The summed E-state index contributed by atoms with van der Waals surface area (Å²) in [5.41, 5.74) is 1.98. The third-order valence-electron chi connectivity index (χ3n) is 3.47. The average Bonchev–Trinajstić information content (AvgIpc) is 2.46. The van der Waals surface area contributed by atoms with Crippen molar-refractivity contribution in [2.24, 2.45) is 0 Å². The Hall–Kier alpha value is -2.56. The van der Waals surface area contributed by atoms with E-state index in [1.807, 2.05) is 6.07 Å². The van der Waals surface area contributed by atoms with E-state index in [0.29, 0.717) is 24.1 Å². The highest BCUT2D eigenvalue weighted by Gasteiger charge is 2.28. The zero-order valence-electron chi connectivity index (χ0n) is 10.6. The summed E-state index contributed by atoms with van der Waals surface area (Å²) in [6, 6.07) is 8.82. The van der Waals surface area contributed by atoms with Crippen LogP contribution in [0.1, 0.15) is 34.8 Å². The Morgan fingerprint density at radius 1 is 1.20 bits per heavy atom. The summed E-state index contributed by atoms with van der Waals surface area (Å²) in [4.78, 5) is 38.2. The third kappa shape index (κ3) is 2.18. The van der Waals surface area contributed by atoms with Gasteiger partial charge in [0, 0.05) is 17.4 Å². The molecule has 1 aliphatic heterocycles. The van der Waals surface area contributed by atoms with Gasteiger partial charge < -0.3 is 0 Å². The van der Waals surface area contributed by atoms with Crippen LogP contribution >= 0.6 is 0 Å². The number of fused-ring (bicyclic) bond motifs is 1. The number of amides is 2. The maximum Gasteiger partial charge on any atom is 0.235 e. The molecule has 2 heterocycles.